The molecular formula is C23H21N3O2. The summed E-state index contributed by atoms with van der Waals surface area (Å²) in [6.07, 6.45) is 0.450. The van der Waals surface area contributed by atoms with Crippen LogP contribution < -0.4 is 11.5 Å². The zero-order chi connectivity index (χ0) is 20.1. The zero-order valence-electron chi connectivity index (χ0n) is 15.6. The van der Waals surface area contributed by atoms with E-state index in [9.17, 15) is 10.1 Å². The van der Waals surface area contributed by atoms with Crippen molar-refractivity contribution in [1.29, 1.82) is 5.26 Å². The van der Waals surface area contributed by atoms with E-state index < -0.39 is 5.97 Å². The van der Waals surface area contributed by atoms with E-state index in [4.69, 9.17) is 16.2 Å². The van der Waals surface area contributed by atoms with Crippen LogP contribution in [-0.2, 0) is 11.2 Å². The van der Waals surface area contributed by atoms with Gasteiger partial charge in [-0.3, -0.25) is 0 Å². The molecule has 0 amide bonds. The highest BCUT2D eigenvalue weighted by atomic mass is 16.5. The van der Waals surface area contributed by atoms with E-state index in [0.29, 0.717) is 34.5 Å². The molecule has 5 nitrogen and oxygen atoms in total. The van der Waals surface area contributed by atoms with Gasteiger partial charge in [0.1, 0.15) is 0 Å². The molecule has 0 aromatic heterocycles. The number of nitrogens with zero attached hydrogens (tertiary/aromatic N) is 1. The molecule has 0 heterocycles. The molecule has 0 saturated heterocycles. The molecule has 0 bridgehead atoms. The molecule has 28 heavy (non-hydrogen) atoms. The van der Waals surface area contributed by atoms with Crippen LogP contribution in [0.3, 0.4) is 0 Å². The Hall–Kier alpha value is -3.78. The minimum atomic E-state index is -0.413. The lowest BCUT2D eigenvalue weighted by atomic mass is 9.94. The van der Waals surface area contributed by atoms with Gasteiger partial charge in [0.2, 0.25) is 0 Å². The van der Waals surface area contributed by atoms with E-state index in [-0.39, 0.29) is 6.61 Å². The first-order valence-electron chi connectivity index (χ1n) is 8.97. The number of hydrogen-bond acceptors (Lipinski definition) is 5. The van der Waals surface area contributed by atoms with E-state index >= 15 is 0 Å². The normalized spacial score (nSPS) is 10.3. The predicted octanol–water partition coefficient (Wildman–Crippen LogP) is 4.16. The standard InChI is InChI=1S/C23H21N3O2/c1-2-28-23(27)19-11-12-21(25)22(26)20(19)13-15-7-9-16(10-8-15)18-6-4-3-5-17(18)14-24/h3-12H,2,13,25-26H2,1H3. The average molecular weight is 371 g/mol. The van der Waals surface area contributed by atoms with Gasteiger partial charge in [-0.2, -0.15) is 5.26 Å². The monoisotopic (exact) mass is 371 g/mol. The van der Waals surface area contributed by atoms with Crippen LogP contribution in [-0.4, -0.2) is 12.6 Å². The van der Waals surface area contributed by atoms with Crippen LogP contribution in [0.25, 0.3) is 11.1 Å². The van der Waals surface area contributed by atoms with Gasteiger partial charge in [0.05, 0.1) is 35.2 Å². The minimum Gasteiger partial charge on any atom is -0.462 e. The van der Waals surface area contributed by atoms with Gasteiger partial charge in [-0.05, 0) is 47.4 Å². The SMILES string of the molecule is CCOC(=O)c1ccc(N)c(N)c1Cc1ccc(-c2ccccc2C#N)cc1. The average Bonchev–Trinajstić information content (AvgIpc) is 2.72. The molecule has 140 valence electrons. The summed E-state index contributed by atoms with van der Waals surface area (Å²) in [5.41, 5.74) is 17.4. The number of nitriles is 1. The third-order valence-corrected chi connectivity index (χ3v) is 4.58. The Bertz CT molecular complexity index is 1050. The molecular weight excluding hydrogens is 350 g/mol. The minimum absolute atomic E-state index is 0.287. The molecule has 4 N–H and O–H groups in total. The number of anilines is 2. The van der Waals surface area contributed by atoms with Crippen LogP contribution in [0.2, 0.25) is 0 Å². The fraction of sp³-hybridized carbons (Fsp3) is 0.130. The lowest BCUT2D eigenvalue weighted by molar-refractivity contribution is 0.0525. The molecule has 3 rings (SSSR count). The fourth-order valence-corrected chi connectivity index (χ4v) is 3.11. The van der Waals surface area contributed by atoms with Crippen molar-refractivity contribution in [2.24, 2.45) is 0 Å². The van der Waals surface area contributed by atoms with Crippen LogP contribution in [0, 0.1) is 11.3 Å². The lowest BCUT2D eigenvalue weighted by Gasteiger charge is -2.14. The molecule has 0 aliphatic heterocycles. The van der Waals surface area contributed by atoms with E-state index in [1.165, 1.54) is 0 Å². The number of nitrogens with two attached hydrogens (primary N) is 2. The molecule has 0 aliphatic carbocycles. The Morgan fingerprint density at radius 2 is 1.75 bits per heavy atom. The highest BCUT2D eigenvalue weighted by molar-refractivity contribution is 5.94. The number of ether oxygens (including phenoxy) is 1. The Labute approximate surface area is 164 Å². The van der Waals surface area contributed by atoms with Crippen LogP contribution in [0.1, 0.15) is 34.0 Å². The van der Waals surface area contributed by atoms with E-state index in [0.717, 1.165) is 16.7 Å². The van der Waals surface area contributed by atoms with E-state index in [1.807, 2.05) is 42.5 Å². The van der Waals surface area contributed by atoms with Gasteiger partial charge in [0, 0.05) is 6.42 Å². The first-order chi connectivity index (χ1) is 13.5. The van der Waals surface area contributed by atoms with Crippen molar-refractivity contribution in [3.8, 4) is 17.2 Å². The van der Waals surface area contributed by atoms with Gasteiger partial charge in [-0.25, -0.2) is 4.79 Å². The number of esters is 1. The van der Waals surface area contributed by atoms with Crippen molar-refractivity contribution < 1.29 is 9.53 Å². The zero-order valence-corrected chi connectivity index (χ0v) is 15.6. The van der Waals surface area contributed by atoms with Crippen molar-refractivity contribution in [2.75, 3.05) is 18.1 Å². The maximum absolute atomic E-state index is 12.3. The molecule has 0 unspecified atom stereocenters. The molecule has 0 saturated carbocycles. The quantitative estimate of drug-likeness (QED) is 0.518. The summed E-state index contributed by atoms with van der Waals surface area (Å²) in [6, 6.07) is 20.8. The summed E-state index contributed by atoms with van der Waals surface area (Å²) < 4.78 is 5.14. The Balaban J connectivity index is 1.94. The fourth-order valence-electron chi connectivity index (χ4n) is 3.11. The van der Waals surface area contributed by atoms with E-state index in [2.05, 4.69) is 6.07 Å². The van der Waals surface area contributed by atoms with Gasteiger partial charge >= 0.3 is 5.97 Å². The number of rotatable bonds is 5. The van der Waals surface area contributed by atoms with Crippen LogP contribution in [0.4, 0.5) is 11.4 Å². The molecule has 5 heteroatoms. The molecule has 0 fully saturated rings. The third kappa shape index (κ3) is 3.81. The number of carbonyl (C=O) groups is 1. The van der Waals surface area contributed by atoms with Crippen LogP contribution in [0.5, 0.6) is 0 Å². The van der Waals surface area contributed by atoms with Crippen molar-refractivity contribution in [2.45, 2.75) is 13.3 Å². The van der Waals surface area contributed by atoms with Crippen LogP contribution in [0.15, 0.2) is 60.7 Å². The molecule has 0 aliphatic rings. The first-order valence-corrected chi connectivity index (χ1v) is 8.97. The Morgan fingerprint density at radius 3 is 2.43 bits per heavy atom. The molecule has 0 radical (unpaired) electrons. The summed E-state index contributed by atoms with van der Waals surface area (Å²) in [5, 5.41) is 9.29. The number of nitrogen functional groups attached to an aromatic ring is 2. The molecule has 0 atom stereocenters. The molecule has 3 aromatic rings. The maximum atomic E-state index is 12.3. The topological polar surface area (TPSA) is 102 Å². The highest BCUT2D eigenvalue weighted by Gasteiger charge is 2.17. The van der Waals surface area contributed by atoms with E-state index in [1.54, 1.807) is 25.1 Å². The van der Waals surface area contributed by atoms with Gasteiger partial charge in [0.25, 0.3) is 0 Å². The summed E-state index contributed by atoms with van der Waals surface area (Å²) in [7, 11) is 0. The van der Waals surface area contributed by atoms with Gasteiger partial charge in [-0.15, -0.1) is 0 Å². The predicted molar refractivity (Wildman–Crippen MR) is 111 cm³/mol. The molecule has 0 spiro atoms. The first kappa shape index (κ1) is 19.0. The van der Waals surface area contributed by atoms with Crippen molar-refractivity contribution in [3.05, 3.63) is 82.9 Å². The molecule has 3 aromatic carbocycles. The van der Waals surface area contributed by atoms with Crippen molar-refractivity contribution in [3.63, 3.8) is 0 Å². The van der Waals surface area contributed by atoms with Gasteiger partial charge < -0.3 is 16.2 Å². The Morgan fingerprint density at radius 1 is 1.04 bits per heavy atom. The van der Waals surface area contributed by atoms with Gasteiger partial charge in [0.15, 0.2) is 0 Å². The second-order valence-electron chi connectivity index (χ2n) is 6.35. The van der Waals surface area contributed by atoms with Crippen molar-refractivity contribution >= 4 is 17.3 Å². The van der Waals surface area contributed by atoms with Gasteiger partial charge in [-0.1, -0.05) is 42.5 Å². The number of hydrogen-bond donors (Lipinski definition) is 2. The van der Waals surface area contributed by atoms with Crippen molar-refractivity contribution in [1.82, 2.24) is 0 Å². The second-order valence-corrected chi connectivity index (χ2v) is 6.35. The number of carbonyl (C=O) groups excluding carboxylic acids is 1. The smallest absolute Gasteiger partial charge is 0.338 e. The van der Waals surface area contributed by atoms with Crippen LogP contribution >= 0.6 is 0 Å². The maximum Gasteiger partial charge on any atom is 0.338 e. The number of benzene rings is 3. The summed E-state index contributed by atoms with van der Waals surface area (Å²) >= 11 is 0. The third-order valence-electron chi connectivity index (χ3n) is 4.58. The largest absolute Gasteiger partial charge is 0.462 e. The Kier molecular flexibility index (Phi) is 5.61. The second kappa shape index (κ2) is 8.28. The highest BCUT2D eigenvalue weighted by Crippen LogP contribution is 2.29. The lowest BCUT2D eigenvalue weighted by Crippen LogP contribution is -2.12. The summed E-state index contributed by atoms with van der Waals surface area (Å²) in [6.45, 7) is 2.05. The summed E-state index contributed by atoms with van der Waals surface area (Å²) in [5.74, 6) is -0.413. The summed E-state index contributed by atoms with van der Waals surface area (Å²) in [4.78, 5) is 12.3.